The van der Waals surface area contributed by atoms with Crippen LogP contribution in [0.15, 0.2) is 17.7 Å². The summed E-state index contributed by atoms with van der Waals surface area (Å²) in [6.07, 6.45) is -17.0. The van der Waals surface area contributed by atoms with Gasteiger partial charge in [0.1, 0.15) is 24.2 Å². The Labute approximate surface area is 203 Å². The zero-order valence-electron chi connectivity index (χ0n) is 19.2. The summed E-state index contributed by atoms with van der Waals surface area (Å²) in [5, 5.41) is 8.98. The highest BCUT2D eigenvalue weighted by atomic mass is 19.4. The Balaban J connectivity index is 2.25. The lowest BCUT2D eigenvalue weighted by Gasteiger charge is -2.30. The van der Waals surface area contributed by atoms with Crippen LogP contribution in [0.2, 0.25) is 0 Å². The maximum Gasteiger partial charge on any atom is 0.573 e. The van der Waals surface area contributed by atoms with Crippen molar-refractivity contribution in [3.05, 3.63) is 38.9 Å². The van der Waals surface area contributed by atoms with Crippen molar-refractivity contribution in [2.24, 2.45) is 0 Å². The average Bonchev–Trinajstić information content (AvgIpc) is 2.74. The standard InChI is InChI=1S/C20H19F6NO10/c1-4-11-5-13(37-20(24,25)26)6-12-7-14(16(19(21,22)23)36-15(11)12)17(28)34-10(3)35-18(29)33-9(2)8-32-27(30)31/h5-7,9-10,16H,4,8H2,1-3H3/t9?,10?,16-/m0/s1. The van der Waals surface area contributed by atoms with E-state index < -0.39 is 71.9 Å². The van der Waals surface area contributed by atoms with Gasteiger partial charge in [0, 0.05) is 12.5 Å². The third-order valence-electron chi connectivity index (χ3n) is 4.39. The van der Waals surface area contributed by atoms with Crippen molar-refractivity contribution in [1.82, 2.24) is 0 Å². The van der Waals surface area contributed by atoms with E-state index in [4.69, 9.17) is 4.74 Å². The molecule has 0 amide bonds. The van der Waals surface area contributed by atoms with Crippen LogP contribution in [0, 0.1) is 10.1 Å². The fourth-order valence-electron chi connectivity index (χ4n) is 2.99. The maximum atomic E-state index is 13.7. The van der Waals surface area contributed by atoms with Gasteiger partial charge in [-0.3, -0.25) is 0 Å². The number of nitrogens with zero attached hydrogens (tertiary/aromatic N) is 1. The highest BCUT2D eigenvalue weighted by Crippen LogP contribution is 2.42. The van der Waals surface area contributed by atoms with Crippen molar-refractivity contribution >= 4 is 18.2 Å². The largest absolute Gasteiger partial charge is 0.573 e. The summed E-state index contributed by atoms with van der Waals surface area (Å²) in [7, 11) is 0. The second kappa shape index (κ2) is 11.4. The molecule has 0 N–H and O–H groups in total. The molecule has 1 aromatic rings. The zero-order chi connectivity index (χ0) is 28.1. The number of hydrogen-bond acceptors (Lipinski definition) is 10. The Morgan fingerprint density at radius 1 is 1.11 bits per heavy atom. The first kappa shape index (κ1) is 29.3. The molecule has 2 unspecified atom stereocenters. The van der Waals surface area contributed by atoms with Crippen LogP contribution in [-0.2, 0) is 30.3 Å². The number of hydrogen-bond donors (Lipinski definition) is 0. The van der Waals surface area contributed by atoms with Crippen molar-refractivity contribution in [2.45, 2.75) is 58.2 Å². The van der Waals surface area contributed by atoms with Crippen molar-refractivity contribution < 1.29 is 69.5 Å². The summed E-state index contributed by atoms with van der Waals surface area (Å²) < 4.78 is 102. The molecule has 0 saturated heterocycles. The van der Waals surface area contributed by atoms with Gasteiger partial charge in [0.15, 0.2) is 0 Å². The summed E-state index contributed by atoms with van der Waals surface area (Å²) in [5.74, 6) is -2.83. The number of fused-ring (bicyclic) bond motifs is 1. The molecule has 11 nitrogen and oxygen atoms in total. The van der Waals surface area contributed by atoms with E-state index in [1.54, 1.807) is 0 Å². The number of halogens is 6. The van der Waals surface area contributed by atoms with Crippen LogP contribution in [-0.4, -0.2) is 54.9 Å². The molecule has 17 heteroatoms. The normalized spacial score (nSPS) is 16.8. The molecule has 206 valence electrons. The Hall–Kier alpha value is -3.92. The minimum atomic E-state index is -5.15. The van der Waals surface area contributed by atoms with Crippen LogP contribution < -0.4 is 9.47 Å². The van der Waals surface area contributed by atoms with Gasteiger partial charge in [-0.2, -0.15) is 13.2 Å². The van der Waals surface area contributed by atoms with Crippen LogP contribution in [0.3, 0.4) is 0 Å². The highest BCUT2D eigenvalue weighted by molar-refractivity contribution is 5.96. The number of alkyl halides is 6. The number of aryl methyl sites for hydroxylation is 1. The second-order valence-electron chi connectivity index (χ2n) is 7.33. The van der Waals surface area contributed by atoms with Gasteiger partial charge in [0.25, 0.3) is 5.09 Å². The molecule has 0 aliphatic carbocycles. The lowest BCUT2D eigenvalue weighted by atomic mass is 9.97. The SMILES string of the molecule is CCc1cc(OC(F)(F)F)cc2c1O[C@H](C(F)(F)F)C(C(=O)OC(C)OC(=O)OC(C)CO[N+](=O)[O-])=C2. The van der Waals surface area contributed by atoms with E-state index in [2.05, 4.69) is 23.8 Å². The van der Waals surface area contributed by atoms with Crippen LogP contribution in [0.1, 0.15) is 31.9 Å². The minimum absolute atomic E-state index is 0.0340. The summed E-state index contributed by atoms with van der Waals surface area (Å²) in [6.45, 7) is 2.93. The maximum absolute atomic E-state index is 13.7. The third kappa shape index (κ3) is 8.60. The van der Waals surface area contributed by atoms with Gasteiger partial charge >= 0.3 is 24.7 Å². The van der Waals surface area contributed by atoms with E-state index in [1.165, 1.54) is 13.8 Å². The number of rotatable bonds is 9. The Bertz CT molecular complexity index is 1060. The van der Waals surface area contributed by atoms with Gasteiger partial charge in [0.05, 0.1) is 5.57 Å². The van der Waals surface area contributed by atoms with E-state index in [-0.39, 0.29) is 17.5 Å². The van der Waals surface area contributed by atoms with Crippen molar-refractivity contribution in [3.63, 3.8) is 0 Å². The summed E-state index contributed by atoms with van der Waals surface area (Å²) in [6, 6.07) is 1.59. The molecule has 37 heavy (non-hydrogen) atoms. The fourth-order valence-corrected chi connectivity index (χ4v) is 2.99. The van der Waals surface area contributed by atoms with Crippen LogP contribution >= 0.6 is 0 Å². The molecule has 0 radical (unpaired) electrons. The molecule has 0 aromatic heterocycles. The molecule has 0 spiro atoms. The monoisotopic (exact) mass is 547 g/mol. The van der Waals surface area contributed by atoms with E-state index >= 15 is 0 Å². The van der Waals surface area contributed by atoms with Gasteiger partial charge in [-0.1, -0.05) is 6.92 Å². The first-order valence-electron chi connectivity index (χ1n) is 10.2. The lowest BCUT2D eigenvalue weighted by Crippen LogP contribution is -2.41. The van der Waals surface area contributed by atoms with Crippen molar-refractivity contribution in [2.75, 3.05) is 6.61 Å². The number of ether oxygens (including phenoxy) is 5. The molecular weight excluding hydrogens is 528 g/mol. The fraction of sp³-hybridized carbons (Fsp3) is 0.500. The molecule has 1 aliphatic rings. The van der Waals surface area contributed by atoms with Crippen molar-refractivity contribution in [3.8, 4) is 11.5 Å². The van der Waals surface area contributed by atoms with Crippen LogP contribution in [0.25, 0.3) is 6.08 Å². The Morgan fingerprint density at radius 2 is 1.76 bits per heavy atom. The first-order valence-corrected chi connectivity index (χ1v) is 10.2. The Morgan fingerprint density at radius 3 is 2.30 bits per heavy atom. The van der Waals surface area contributed by atoms with Crippen LogP contribution in [0.5, 0.6) is 11.5 Å². The molecule has 0 saturated carbocycles. The molecule has 3 atom stereocenters. The highest BCUT2D eigenvalue weighted by Gasteiger charge is 2.49. The molecule has 2 rings (SSSR count). The number of carbonyl (C=O) groups excluding carboxylic acids is 2. The summed E-state index contributed by atoms with van der Waals surface area (Å²) in [4.78, 5) is 38.3. The topological polar surface area (TPSA) is 133 Å². The van der Waals surface area contributed by atoms with E-state index in [9.17, 15) is 46.0 Å². The van der Waals surface area contributed by atoms with E-state index in [1.807, 2.05) is 0 Å². The predicted molar refractivity (Wildman–Crippen MR) is 106 cm³/mol. The lowest BCUT2D eigenvalue weighted by molar-refractivity contribution is -0.759. The predicted octanol–water partition coefficient (Wildman–Crippen LogP) is 4.49. The molecule has 0 fully saturated rings. The summed E-state index contributed by atoms with van der Waals surface area (Å²) in [5.41, 5.74) is -1.52. The molecular formula is C20H19F6NO10. The Kier molecular flexibility index (Phi) is 9.05. The van der Waals surface area contributed by atoms with Crippen LogP contribution in [0.4, 0.5) is 31.1 Å². The minimum Gasteiger partial charge on any atom is -0.475 e. The van der Waals surface area contributed by atoms with Gasteiger partial charge in [0.2, 0.25) is 12.4 Å². The van der Waals surface area contributed by atoms with Gasteiger partial charge in [-0.25, -0.2) is 9.59 Å². The molecule has 0 bridgehead atoms. The smallest absolute Gasteiger partial charge is 0.475 e. The first-order chi connectivity index (χ1) is 17.0. The average molecular weight is 547 g/mol. The van der Waals surface area contributed by atoms with E-state index in [0.29, 0.717) is 6.08 Å². The number of benzene rings is 1. The molecule has 1 aromatic carbocycles. The van der Waals surface area contributed by atoms with Crippen molar-refractivity contribution in [1.29, 1.82) is 0 Å². The van der Waals surface area contributed by atoms with Gasteiger partial charge < -0.3 is 28.5 Å². The number of esters is 1. The number of carbonyl (C=O) groups is 2. The zero-order valence-corrected chi connectivity index (χ0v) is 19.2. The second-order valence-corrected chi connectivity index (χ2v) is 7.33. The third-order valence-corrected chi connectivity index (χ3v) is 4.39. The molecule has 1 heterocycles. The summed E-state index contributed by atoms with van der Waals surface area (Å²) >= 11 is 0. The van der Waals surface area contributed by atoms with E-state index in [0.717, 1.165) is 19.1 Å². The van der Waals surface area contributed by atoms with Gasteiger partial charge in [-0.15, -0.1) is 23.3 Å². The van der Waals surface area contributed by atoms with Gasteiger partial charge in [-0.05, 0) is 37.1 Å². The quantitative estimate of drug-likeness (QED) is 0.143. The molecule has 1 aliphatic heterocycles.